The van der Waals surface area contributed by atoms with Gasteiger partial charge in [0, 0.05) is 16.7 Å². The van der Waals surface area contributed by atoms with Crippen molar-refractivity contribution in [3.8, 4) is 11.5 Å². The number of rotatable bonds is 6. The van der Waals surface area contributed by atoms with E-state index in [9.17, 15) is 20.0 Å². The number of fused-ring (bicyclic) bond motifs is 1. The summed E-state index contributed by atoms with van der Waals surface area (Å²) in [5.74, 6) is -0.811. The lowest BCUT2D eigenvalue weighted by molar-refractivity contribution is -0.386. The highest BCUT2D eigenvalue weighted by molar-refractivity contribution is 6.30. The molecule has 27 heavy (non-hydrogen) atoms. The predicted molar refractivity (Wildman–Crippen MR) is 95.9 cm³/mol. The minimum atomic E-state index is -1.27. The van der Waals surface area contributed by atoms with Crippen molar-refractivity contribution in [2.45, 2.75) is 11.8 Å². The van der Waals surface area contributed by atoms with E-state index in [2.05, 4.69) is 0 Å². The van der Waals surface area contributed by atoms with Crippen LogP contribution in [0.15, 0.2) is 36.4 Å². The van der Waals surface area contributed by atoms with Crippen LogP contribution in [-0.2, 0) is 5.41 Å². The molecule has 1 heterocycles. The van der Waals surface area contributed by atoms with Gasteiger partial charge in [0.05, 0.1) is 29.1 Å². The van der Waals surface area contributed by atoms with Gasteiger partial charge in [0.15, 0.2) is 5.75 Å². The van der Waals surface area contributed by atoms with Crippen LogP contribution in [0.25, 0.3) is 0 Å². The Hall–Kier alpha value is -2.84. The third-order valence-electron chi connectivity index (χ3n) is 4.56. The lowest BCUT2D eigenvalue weighted by Crippen LogP contribution is -2.41. The topological polar surface area (TPSA) is 119 Å². The number of halogens is 1. The van der Waals surface area contributed by atoms with Gasteiger partial charge < -0.3 is 19.7 Å². The first-order valence-corrected chi connectivity index (χ1v) is 8.42. The first kappa shape index (κ1) is 18.9. The van der Waals surface area contributed by atoms with Gasteiger partial charge >= 0.3 is 11.7 Å². The van der Waals surface area contributed by atoms with Crippen molar-refractivity contribution in [3.05, 3.63) is 62.7 Å². The summed E-state index contributed by atoms with van der Waals surface area (Å²) in [6, 6.07) is 8.47. The van der Waals surface area contributed by atoms with Crippen LogP contribution in [0.4, 0.5) is 5.69 Å². The van der Waals surface area contributed by atoms with Crippen LogP contribution < -0.4 is 9.47 Å². The molecule has 9 heteroatoms. The molecule has 0 saturated carbocycles. The second kappa shape index (κ2) is 7.42. The summed E-state index contributed by atoms with van der Waals surface area (Å²) >= 11 is 5.99. The standard InChI is InChI=1S/C18H16ClNO7/c19-12-2-3-13-16(8-12)26-6-5-18(13,9-21)10-27-15-4-1-11(17(22)23)7-14(15)20(24)25/h1-4,7-8,21H,5-6,9-10H2,(H,22,23). The zero-order chi connectivity index (χ0) is 19.6. The van der Waals surface area contributed by atoms with Crippen molar-refractivity contribution in [1.29, 1.82) is 0 Å². The molecule has 2 N–H and O–H groups in total. The molecule has 3 rings (SSSR count). The van der Waals surface area contributed by atoms with Crippen LogP contribution >= 0.6 is 11.6 Å². The molecule has 2 aromatic rings. The van der Waals surface area contributed by atoms with Crippen LogP contribution in [0.3, 0.4) is 0 Å². The molecule has 0 amide bonds. The number of nitro groups is 1. The molecule has 2 aromatic carbocycles. The van der Waals surface area contributed by atoms with Gasteiger partial charge in [-0.05, 0) is 30.7 Å². The summed E-state index contributed by atoms with van der Waals surface area (Å²) in [5, 5.41) is 30.8. The molecule has 0 radical (unpaired) electrons. The SMILES string of the molecule is O=C(O)c1ccc(OCC2(CO)CCOc3cc(Cl)ccc32)c([N+](=O)[O-])c1. The van der Waals surface area contributed by atoms with Gasteiger partial charge in [0.1, 0.15) is 12.4 Å². The number of carboxylic acid groups (broad SMARTS) is 1. The number of carbonyl (C=O) groups is 1. The van der Waals surface area contributed by atoms with Crippen LogP contribution in [0, 0.1) is 10.1 Å². The molecule has 1 aliphatic rings. The fourth-order valence-electron chi connectivity index (χ4n) is 3.04. The lowest BCUT2D eigenvalue weighted by Gasteiger charge is -2.37. The number of nitro benzene ring substituents is 1. The smallest absolute Gasteiger partial charge is 0.335 e. The van der Waals surface area contributed by atoms with Crippen molar-refractivity contribution in [2.75, 3.05) is 19.8 Å². The molecule has 0 saturated heterocycles. The average molecular weight is 394 g/mol. The normalized spacial score (nSPS) is 18.3. The van der Waals surface area contributed by atoms with E-state index in [1.54, 1.807) is 18.2 Å². The van der Waals surface area contributed by atoms with Crippen molar-refractivity contribution in [2.24, 2.45) is 0 Å². The zero-order valence-corrected chi connectivity index (χ0v) is 14.8. The molecule has 1 aliphatic heterocycles. The van der Waals surface area contributed by atoms with E-state index in [-0.39, 0.29) is 24.5 Å². The Balaban J connectivity index is 1.92. The fourth-order valence-corrected chi connectivity index (χ4v) is 3.20. The molecule has 1 atom stereocenters. The number of nitrogens with zero attached hydrogens (tertiary/aromatic N) is 1. The number of ether oxygens (including phenoxy) is 2. The third kappa shape index (κ3) is 3.67. The number of hydrogen-bond donors (Lipinski definition) is 2. The highest BCUT2D eigenvalue weighted by Gasteiger charge is 2.39. The number of aliphatic hydroxyl groups excluding tert-OH is 1. The molecule has 0 bridgehead atoms. The van der Waals surface area contributed by atoms with Crippen LogP contribution in [0.5, 0.6) is 11.5 Å². The van der Waals surface area contributed by atoms with Crippen molar-refractivity contribution >= 4 is 23.3 Å². The number of hydrogen-bond acceptors (Lipinski definition) is 6. The van der Waals surface area contributed by atoms with Gasteiger partial charge in [0.2, 0.25) is 0 Å². The molecule has 142 valence electrons. The van der Waals surface area contributed by atoms with Crippen LogP contribution in [0.1, 0.15) is 22.3 Å². The van der Waals surface area contributed by atoms with E-state index in [0.29, 0.717) is 29.4 Å². The number of benzene rings is 2. The number of carboxylic acids is 1. The first-order valence-electron chi connectivity index (χ1n) is 8.04. The molecule has 8 nitrogen and oxygen atoms in total. The highest BCUT2D eigenvalue weighted by atomic mass is 35.5. The number of aromatic carboxylic acids is 1. The van der Waals surface area contributed by atoms with Crippen LogP contribution in [0.2, 0.25) is 5.02 Å². The van der Waals surface area contributed by atoms with E-state index in [4.69, 9.17) is 26.2 Å². The van der Waals surface area contributed by atoms with Gasteiger partial charge in [-0.3, -0.25) is 10.1 Å². The van der Waals surface area contributed by atoms with E-state index in [1.165, 1.54) is 12.1 Å². The minimum absolute atomic E-state index is 0.0469. The Morgan fingerprint density at radius 2 is 2.11 bits per heavy atom. The van der Waals surface area contributed by atoms with E-state index in [0.717, 1.165) is 6.07 Å². The predicted octanol–water partition coefficient (Wildman–Crippen LogP) is 3.04. The lowest BCUT2D eigenvalue weighted by atomic mass is 9.77. The van der Waals surface area contributed by atoms with E-state index in [1.807, 2.05) is 0 Å². The Bertz CT molecular complexity index is 901. The van der Waals surface area contributed by atoms with Crippen LogP contribution in [-0.4, -0.2) is 40.9 Å². The maximum absolute atomic E-state index is 11.3. The Labute approximate surface area is 159 Å². The third-order valence-corrected chi connectivity index (χ3v) is 4.80. The summed E-state index contributed by atoms with van der Waals surface area (Å²) in [4.78, 5) is 21.6. The maximum atomic E-state index is 11.3. The maximum Gasteiger partial charge on any atom is 0.335 e. The summed E-state index contributed by atoms with van der Waals surface area (Å²) < 4.78 is 11.3. The van der Waals surface area contributed by atoms with E-state index >= 15 is 0 Å². The summed E-state index contributed by atoms with van der Waals surface area (Å²) in [6.45, 7) is 0.0259. The fraction of sp³-hybridized carbons (Fsp3) is 0.278. The molecular weight excluding hydrogens is 378 g/mol. The first-order chi connectivity index (χ1) is 12.9. The van der Waals surface area contributed by atoms with Gasteiger partial charge in [-0.25, -0.2) is 4.79 Å². The summed E-state index contributed by atoms with van der Waals surface area (Å²) in [7, 11) is 0. The van der Waals surface area contributed by atoms with Gasteiger partial charge in [-0.2, -0.15) is 0 Å². The Kier molecular flexibility index (Phi) is 5.20. The van der Waals surface area contributed by atoms with Gasteiger partial charge in [0.25, 0.3) is 0 Å². The molecule has 0 aromatic heterocycles. The average Bonchev–Trinajstić information content (AvgIpc) is 2.65. The molecule has 0 aliphatic carbocycles. The Morgan fingerprint density at radius 3 is 2.78 bits per heavy atom. The quantitative estimate of drug-likeness (QED) is 0.571. The summed E-state index contributed by atoms with van der Waals surface area (Å²) in [5.41, 5.74) is -0.786. The molecule has 0 spiro atoms. The zero-order valence-electron chi connectivity index (χ0n) is 14.1. The second-order valence-electron chi connectivity index (χ2n) is 6.21. The van der Waals surface area contributed by atoms with Crippen molar-refractivity contribution in [1.82, 2.24) is 0 Å². The van der Waals surface area contributed by atoms with Crippen molar-refractivity contribution in [3.63, 3.8) is 0 Å². The summed E-state index contributed by atoms with van der Waals surface area (Å²) in [6.07, 6.45) is 0.444. The van der Waals surface area contributed by atoms with E-state index < -0.39 is 22.0 Å². The molecular formula is C18H16ClNO7. The van der Waals surface area contributed by atoms with Crippen molar-refractivity contribution < 1.29 is 29.4 Å². The number of aliphatic hydroxyl groups is 1. The molecule has 1 unspecified atom stereocenters. The monoisotopic (exact) mass is 393 g/mol. The van der Waals surface area contributed by atoms with Gasteiger partial charge in [-0.15, -0.1) is 0 Å². The second-order valence-corrected chi connectivity index (χ2v) is 6.65. The molecule has 0 fully saturated rings. The van der Waals surface area contributed by atoms with Gasteiger partial charge in [-0.1, -0.05) is 17.7 Å². The Morgan fingerprint density at radius 1 is 1.33 bits per heavy atom. The largest absolute Gasteiger partial charge is 0.493 e. The highest BCUT2D eigenvalue weighted by Crippen LogP contribution is 2.41. The minimum Gasteiger partial charge on any atom is -0.493 e.